The summed E-state index contributed by atoms with van der Waals surface area (Å²) in [5, 5.41) is 20.4. The van der Waals surface area contributed by atoms with E-state index in [1.165, 1.54) is 0 Å². The van der Waals surface area contributed by atoms with Crippen molar-refractivity contribution >= 4 is 18.9 Å². The van der Waals surface area contributed by atoms with Gasteiger partial charge in [0.1, 0.15) is 11.8 Å². The number of hydrogen-bond acceptors (Lipinski definition) is 9. The molecule has 3 aliphatic carbocycles. The molecule has 14 heteroatoms. The fraction of sp³-hybridized carbons (Fsp3) is 0.750. The largest absolute Gasteiger partial charge is 0.497 e. The molecule has 2 amide bonds. The molecular weight excluding hydrogens is 591 g/mol. The topological polar surface area (TPSA) is 166 Å². The first-order chi connectivity index (χ1) is 21.8. The first-order valence-electron chi connectivity index (χ1n) is 16.8. The van der Waals surface area contributed by atoms with Gasteiger partial charge in [-0.25, -0.2) is 10.1 Å². The first kappa shape index (κ1) is 34.4. The lowest BCUT2D eigenvalue weighted by molar-refractivity contribution is -0.627. The third kappa shape index (κ3) is 7.61. The van der Waals surface area contributed by atoms with Gasteiger partial charge in [0, 0.05) is 6.42 Å². The molecule has 5 aliphatic rings. The van der Waals surface area contributed by atoms with E-state index >= 15 is 0 Å². The second-order valence-corrected chi connectivity index (χ2v) is 14.6. The van der Waals surface area contributed by atoms with E-state index in [0.717, 1.165) is 35.7 Å². The van der Waals surface area contributed by atoms with Crippen LogP contribution in [0, 0.1) is 33.3 Å². The quantitative estimate of drug-likeness (QED) is 0.0653. The van der Waals surface area contributed by atoms with Crippen LogP contribution in [0.15, 0.2) is 24.3 Å². The predicted molar refractivity (Wildman–Crippen MR) is 172 cm³/mol. The van der Waals surface area contributed by atoms with Crippen molar-refractivity contribution < 1.29 is 28.7 Å². The number of carbonyl (C=O) groups excluding carboxylic acids is 2. The van der Waals surface area contributed by atoms with Gasteiger partial charge in [0.2, 0.25) is 18.1 Å². The maximum atomic E-state index is 13.9. The second-order valence-electron chi connectivity index (χ2n) is 14.6. The number of hydrazine groups is 2. The summed E-state index contributed by atoms with van der Waals surface area (Å²) in [5.41, 5.74) is 3.53. The number of amides is 2. The van der Waals surface area contributed by atoms with Gasteiger partial charge in [-0.1, -0.05) is 39.8 Å². The smallest absolute Gasteiger partial charge is 0.481 e. The summed E-state index contributed by atoms with van der Waals surface area (Å²) < 4.78 is 18.5. The van der Waals surface area contributed by atoms with Crippen molar-refractivity contribution in [3.8, 4) is 5.75 Å². The van der Waals surface area contributed by atoms with Crippen LogP contribution in [-0.4, -0.2) is 72.7 Å². The maximum Gasteiger partial charge on any atom is 0.481 e. The fourth-order valence-electron chi connectivity index (χ4n) is 7.79. The summed E-state index contributed by atoms with van der Waals surface area (Å²) in [6.07, 6.45) is 4.78. The molecule has 5 fully saturated rings. The number of rotatable bonds is 17. The van der Waals surface area contributed by atoms with Crippen LogP contribution in [0.5, 0.6) is 5.75 Å². The Labute approximate surface area is 272 Å². The van der Waals surface area contributed by atoms with E-state index in [4.69, 9.17) is 14.0 Å². The van der Waals surface area contributed by atoms with E-state index in [1.807, 2.05) is 24.3 Å². The van der Waals surface area contributed by atoms with Gasteiger partial charge in [0.05, 0.1) is 24.8 Å². The Morgan fingerprint density at radius 1 is 1.17 bits per heavy atom. The molecule has 7 atom stereocenters. The average Bonchev–Trinajstić information content (AvgIpc) is 3.70. The summed E-state index contributed by atoms with van der Waals surface area (Å²) in [5.74, 6) is 1.26. The molecular formula is C32H51BN6O7. The minimum Gasteiger partial charge on any atom is -0.497 e. The highest BCUT2D eigenvalue weighted by atomic mass is 16.7. The van der Waals surface area contributed by atoms with Gasteiger partial charge < -0.3 is 24.7 Å². The van der Waals surface area contributed by atoms with Gasteiger partial charge >= 0.3 is 7.12 Å². The normalized spacial score (nSPS) is 28.6. The van der Waals surface area contributed by atoms with Gasteiger partial charge in [-0.3, -0.25) is 14.9 Å². The Morgan fingerprint density at radius 3 is 2.54 bits per heavy atom. The molecule has 13 nitrogen and oxygen atoms in total. The molecule has 3 saturated carbocycles. The van der Waals surface area contributed by atoms with E-state index in [-0.39, 0.29) is 47.2 Å². The Morgan fingerprint density at radius 2 is 1.91 bits per heavy atom. The molecule has 2 aliphatic heterocycles. The van der Waals surface area contributed by atoms with Crippen LogP contribution < -0.4 is 26.1 Å². The predicted octanol–water partition coefficient (Wildman–Crippen LogP) is 2.97. The Kier molecular flexibility index (Phi) is 10.5. The van der Waals surface area contributed by atoms with Crippen LogP contribution in [0.1, 0.15) is 85.1 Å². The van der Waals surface area contributed by atoms with E-state index in [0.29, 0.717) is 44.1 Å². The Bertz CT molecular complexity index is 1250. The third-order valence-corrected chi connectivity index (χ3v) is 10.6. The van der Waals surface area contributed by atoms with Crippen LogP contribution in [0.2, 0.25) is 0 Å². The minimum atomic E-state index is -0.769. The van der Waals surface area contributed by atoms with Crippen LogP contribution in [0.4, 0.5) is 0 Å². The molecule has 1 aromatic rings. The highest BCUT2D eigenvalue weighted by molar-refractivity contribution is 6.48. The SMILES string of the molecule is COc1ccc(CCCC(=O)N[C@@H](CCCNC2NN2[N+](=O)[O-])C(=O)N[C@@H](CC(C)C)B2O[C@@H]3C[C@@H]4C[C@@H](C4(C)C)[C@]3(C)O2)cc1. The van der Waals surface area contributed by atoms with Gasteiger partial charge in [-0.05, 0) is 104 Å². The molecule has 4 N–H and O–H groups in total. The maximum absolute atomic E-state index is 13.9. The summed E-state index contributed by atoms with van der Waals surface area (Å²) >= 11 is 0. The molecule has 0 spiro atoms. The van der Waals surface area contributed by atoms with E-state index < -0.39 is 24.5 Å². The highest BCUT2D eigenvalue weighted by Gasteiger charge is 2.68. The molecule has 254 valence electrons. The monoisotopic (exact) mass is 642 g/mol. The summed E-state index contributed by atoms with van der Waals surface area (Å²) in [6, 6.07) is 7.00. The third-order valence-electron chi connectivity index (χ3n) is 10.6. The molecule has 2 heterocycles. The zero-order valence-corrected chi connectivity index (χ0v) is 28.0. The molecule has 0 radical (unpaired) electrons. The molecule has 2 saturated heterocycles. The van der Waals surface area contributed by atoms with Crippen molar-refractivity contribution in [2.45, 2.75) is 116 Å². The van der Waals surface area contributed by atoms with Gasteiger partial charge in [0.15, 0.2) is 5.03 Å². The average molecular weight is 643 g/mol. The number of aryl methyl sites for hydroxylation is 1. The van der Waals surface area contributed by atoms with Crippen LogP contribution in [0.25, 0.3) is 0 Å². The van der Waals surface area contributed by atoms with Crippen LogP contribution in [-0.2, 0) is 25.3 Å². The molecule has 46 heavy (non-hydrogen) atoms. The highest BCUT2D eigenvalue weighted by Crippen LogP contribution is 2.65. The van der Waals surface area contributed by atoms with Crippen molar-refractivity contribution in [1.29, 1.82) is 0 Å². The van der Waals surface area contributed by atoms with Crippen LogP contribution >= 0.6 is 0 Å². The molecule has 2 bridgehead atoms. The lowest BCUT2D eigenvalue weighted by Gasteiger charge is -2.64. The number of benzene rings is 1. The molecule has 1 unspecified atom stereocenters. The fourth-order valence-corrected chi connectivity index (χ4v) is 7.79. The molecule has 6 rings (SSSR count). The Hall–Kier alpha value is -2.94. The van der Waals surface area contributed by atoms with Crippen molar-refractivity contribution in [2.75, 3.05) is 13.7 Å². The van der Waals surface area contributed by atoms with Crippen molar-refractivity contribution in [2.24, 2.45) is 23.2 Å². The summed E-state index contributed by atoms with van der Waals surface area (Å²) in [7, 11) is 1.06. The zero-order chi connectivity index (χ0) is 33.2. The number of nitrogens with zero attached hydrogens (tertiary/aromatic N) is 2. The summed E-state index contributed by atoms with van der Waals surface area (Å²) in [6.45, 7) is 11.5. The lowest BCUT2D eigenvalue weighted by atomic mass is 9.43. The standard InChI is InChI=1S/C32H51BN6O7/c1-20(2)17-27(33-45-26-19-22-18-25(31(22,3)4)32(26,5)46-33)36-29(41)24(10-8-16-34-30-37-38(30)39(42)43)35-28(40)11-7-9-21-12-14-23(44-6)15-13-21/h12-15,20,22,24-27,30,34,37H,7-11,16-19H2,1-6H3,(H,35,40)(H,36,41)/t22-,24-,25-,26+,27-,30?,32-,38?/m0/s1. The number of ether oxygens (including phenoxy) is 1. The number of nitrogens with one attached hydrogen (secondary N) is 4. The first-order valence-corrected chi connectivity index (χ1v) is 16.8. The van der Waals surface area contributed by atoms with E-state index in [2.05, 4.69) is 56.0 Å². The van der Waals surface area contributed by atoms with E-state index in [1.54, 1.807) is 7.11 Å². The van der Waals surface area contributed by atoms with Crippen LogP contribution in [0.3, 0.4) is 0 Å². The molecule has 1 aromatic carbocycles. The van der Waals surface area contributed by atoms with Gasteiger partial charge in [-0.2, -0.15) is 0 Å². The van der Waals surface area contributed by atoms with E-state index in [9.17, 15) is 19.7 Å². The van der Waals surface area contributed by atoms with Gasteiger partial charge in [-0.15, -0.1) is 5.43 Å². The number of carbonyl (C=O) groups is 2. The number of hydrogen-bond donors (Lipinski definition) is 4. The summed E-state index contributed by atoms with van der Waals surface area (Å²) in [4.78, 5) is 37.8. The molecule has 0 aromatic heterocycles. The number of methoxy groups -OCH3 is 1. The minimum absolute atomic E-state index is 0.00267. The zero-order valence-electron chi connectivity index (χ0n) is 28.0. The van der Waals surface area contributed by atoms with Crippen molar-refractivity contribution in [1.82, 2.24) is 26.5 Å². The number of nitro groups is 1. The van der Waals surface area contributed by atoms with Crippen molar-refractivity contribution in [3.63, 3.8) is 0 Å². The van der Waals surface area contributed by atoms with Crippen molar-refractivity contribution in [3.05, 3.63) is 39.9 Å². The Balaban J connectivity index is 1.19. The second kappa shape index (κ2) is 14.0. The lowest BCUT2D eigenvalue weighted by Crippen LogP contribution is -2.65. The van der Waals surface area contributed by atoms with Gasteiger partial charge in [0.25, 0.3) is 0 Å².